The summed E-state index contributed by atoms with van der Waals surface area (Å²) in [6, 6.07) is 6.90. The van der Waals surface area contributed by atoms with Crippen molar-refractivity contribution >= 4 is 23.0 Å². The fourth-order valence-electron chi connectivity index (χ4n) is 1.63. The molecule has 112 valence electrons. The van der Waals surface area contributed by atoms with E-state index in [-0.39, 0.29) is 17.2 Å². The van der Waals surface area contributed by atoms with Crippen LogP contribution in [0.15, 0.2) is 35.7 Å². The first kappa shape index (κ1) is 15.2. The smallest absolute Gasteiger partial charge is 0.477 e. The van der Waals surface area contributed by atoms with Crippen molar-refractivity contribution in [1.82, 2.24) is 0 Å². The van der Waals surface area contributed by atoms with Gasteiger partial charge in [0, 0.05) is 12.2 Å². The highest BCUT2D eigenvalue weighted by atomic mass is 32.1. The minimum Gasteiger partial charge on any atom is -0.477 e. The molecule has 1 aromatic heterocycles. The van der Waals surface area contributed by atoms with Crippen molar-refractivity contribution in [3.63, 3.8) is 0 Å². The lowest BCUT2D eigenvalue weighted by molar-refractivity contribution is -0.274. The number of ether oxygens (including phenoxy) is 1. The first-order valence-corrected chi connectivity index (χ1v) is 6.62. The average molecular weight is 317 g/mol. The van der Waals surface area contributed by atoms with E-state index in [1.807, 2.05) is 0 Å². The molecule has 0 radical (unpaired) electrons. The Balaban J connectivity index is 1.98. The number of benzene rings is 1. The zero-order valence-corrected chi connectivity index (χ0v) is 11.3. The van der Waals surface area contributed by atoms with Gasteiger partial charge in [0.15, 0.2) is 0 Å². The number of alkyl halides is 3. The monoisotopic (exact) mass is 317 g/mol. The molecule has 0 unspecified atom stereocenters. The number of aromatic carboxylic acids is 1. The fraction of sp³-hybridized carbons (Fsp3) is 0.154. The van der Waals surface area contributed by atoms with E-state index in [9.17, 15) is 18.0 Å². The van der Waals surface area contributed by atoms with Crippen molar-refractivity contribution < 1.29 is 27.8 Å². The van der Waals surface area contributed by atoms with E-state index in [1.54, 1.807) is 11.4 Å². The number of thiophene rings is 1. The van der Waals surface area contributed by atoms with Gasteiger partial charge >= 0.3 is 12.3 Å². The third kappa shape index (κ3) is 4.38. The molecule has 0 spiro atoms. The normalized spacial score (nSPS) is 11.2. The minimum absolute atomic E-state index is 0.236. The number of carboxylic acid groups (broad SMARTS) is 1. The summed E-state index contributed by atoms with van der Waals surface area (Å²) in [4.78, 5) is 11.2. The Hall–Kier alpha value is -2.22. The topological polar surface area (TPSA) is 58.6 Å². The van der Waals surface area contributed by atoms with Crippen LogP contribution in [0.1, 0.15) is 15.2 Å². The molecule has 1 heterocycles. The van der Waals surface area contributed by atoms with Gasteiger partial charge in [0.05, 0.1) is 0 Å². The Morgan fingerprint density at radius 2 is 1.90 bits per heavy atom. The first-order valence-electron chi connectivity index (χ1n) is 5.74. The molecule has 0 aliphatic carbocycles. The molecule has 0 saturated heterocycles. The lowest BCUT2D eigenvalue weighted by Gasteiger charge is -2.10. The van der Waals surface area contributed by atoms with Crippen molar-refractivity contribution in [2.75, 3.05) is 5.32 Å². The maximum absolute atomic E-state index is 12.0. The second kappa shape index (κ2) is 6.04. The Bertz CT molecular complexity index is 622. The molecule has 2 rings (SSSR count). The van der Waals surface area contributed by atoms with E-state index in [0.717, 1.165) is 11.3 Å². The van der Waals surface area contributed by atoms with Crippen molar-refractivity contribution in [3.05, 3.63) is 46.2 Å². The van der Waals surface area contributed by atoms with Crippen molar-refractivity contribution in [3.8, 4) is 5.75 Å². The van der Waals surface area contributed by atoms with Gasteiger partial charge in [-0.1, -0.05) is 0 Å². The molecular weight excluding hydrogens is 307 g/mol. The van der Waals surface area contributed by atoms with Gasteiger partial charge in [-0.05, 0) is 41.3 Å². The molecule has 0 amide bonds. The van der Waals surface area contributed by atoms with Crippen LogP contribution in [-0.2, 0) is 6.54 Å². The average Bonchev–Trinajstić information content (AvgIpc) is 2.84. The van der Waals surface area contributed by atoms with E-state index in [2.05, 4.69) is 10.1 Å². The Morgan fingerprint density at radius 3 is 2.48 bits per heavy atom. The summed E-state index contributed by atoms with van der Waals surface area (Å²) in [6.07, 6.45) is -4.72. The lowest BCUT2D eigenvalue weighted by atomic mass is 10.2. The summed E-state index contributed by atoms with van der Waals surface area (Å²) in [7, 11) is 0. The predicted molar refractivity (Wildman–Crippen MR) is 71.7 cm³/mol. The third-order valence-electron chi connectivity index (χ3n) is 2.51. The maximum atomic E-state index is 12.0. The number of rotatable bonds is 5. The van der Waals surface area contributed by atoms with E-state index < -0.39 is 12.3 Å². The highest BCUT2D eigenvalue weighted by Crippen LogP contribution is 2.24. The van der Waals surface area contributed by atoms with Gasteiger partial charge in [-0.3, -0.25) is 0 Å². The molecule has 4 nitrogen and oxygen atoms in total. The number of halogens is 3. The van der Waals surface area contributed by atoms with Crippen LogP contribution in [0.4, 0.5) is 18.9 Å². The van der Waals surface area contributed by atoms with Crippen LogP contribution >= 0.6 is 11.3 Å². The van der Waals surface area contributed by atoms with Gasteiger partial charge in [-0.25, -0.2) is 4.79 Å². The van der Waals surface area contributed by atoms with E-state index in [4.69, 9.17) is 5.11 Å². The molecule has 0 aliphatic heterocycles. The summed E-state index contributed by atoms with van der Waals surface area (Å²) in [5.41, 5.74) is 1.18. The summed E-state index contributed by atoms with van der Waals surface area (Å²) >= 11 is 1.12. The predicted octanol–water partition coefficient (Wildman–Crippen LogP) is 3.96. The van der Waals surface area contributed by atoms with Crippen LogP contribution in [0.2, 0.25) is 0 Å². The van der Waals surface area contributed by atoms with Gasteiger partial charge in [-0.15, -0.1) is 24.5 Å². The number of carboxylic acids is 1. The minimum atomic E-state index is -4.72. The van der Waals surface area contributed by atoms with Crippen molar-refractivity contribution in [2.45, 2.75) is 12.9 Å². The van der Waals surface area contributed by atoms with Crippen LogP contribution < -0.4 is 10.1 Å². The molecule has 0 aliphatic rings. The van der Waals surface area contributed by atoms with E-state index in [1.165, 1.54) is 24.3 Å². The maximum Gasteiger partial charge on any atom is 0.573 e. The number of hydrogen-bond acceptors (Lipinski definition) is 4. The van der Waals surface area contributed by atoms with Crippen LogP contribution in [0.5, 0.6) is 5.75 Å². The standard InChI is InChI=1S/C13H10F3NO3S/c14-13(15,16)20-10-3-1-9(2-4-10)17-7-8-5-6-21-11(8)12(18)19/h1-6,17H,7H2,(H,18,19). The van der Waals surface area contributed by atoms with Gasteiger partial charge < -0.3 is 15.2 Å². The van der Waals surface area contributed by atoms with Crippen LogP contribution in [-0.4, -0.2) is 17.4 Å². The SMILES string of the molecule is O=C(O)c1sccc1CNc1ccc(OC(F)(F)F)cc1. The summed E-state index contributed by atoms with van der Waals surface area (Å²) in [5.74, 6) is -1.31. The molecule has 0 atom stereocenters. The van der Waals surface area contributed by atoms with Gasteiger partial charge in [0.2, 0.25) is 0 Å². The third-order valence-corrected chi connectivity index (χ3v) is 3.46. The second-order valence-corrected chi connectivity index (χ2v) is 4.92. The van der Waals surface area contributed by atoms with Crippen molar-refractivity contribution in [1.29, 1.82) is 0 Å². The number of hydrogen-bond donors (Lipinski definition) is 2. The molecule has 0 saturated carbocycles. The number of carbonyl (C=O) groups is 1. The molecule has 2 N–H and O–H groups in total. The highest BCUT2D eigenvalue weighted by Gasteiger charge is 2.30. The number of nitrogens with one attached hydrogen (secondary N) is 1. The first-order chi connectivity index (χ1) is 9.85. The molecule has 0 bridgehead atoms. The van der Waals surface area contributed by atoms with Crippen molar-refractivity contribution in [2.24, 2.45) is 0 Å². The zero-order chi connectivity index (χ0) is 15.5. The Morgan fingerprint density at radius 1 is 1.24 bits per heavy atom. The molecule has 21 heavy (non-hydrogen) atoms. The summed E-state index contributed by atoms with van der Waals surface area (Å²) in [5, 5.41) is 13.6. The Kier molecular flexibility index (Phi) is 4.37. The van der Waals surface area contributed by atoms with Gasteiger partial charge in [0.1, 0.15) is 10.6 Å². The summed E-state index contributed by atoms with van der Waals surface area (Å²) < 4.78 is 39.8. The van der Waals surface area contributed by atoms with Crippen LogP contribution in [0.25, 0.3) is 0 Å². The van der Waals surface area contributed by atoms with Crippen LogP contribution in [0.3, 0.4) is 0 Å². The molecule has 8 heteroatoms. The second-order valence-electron chi connectivity index (χ2n) is 4.01. The molecule has 0 fully saturated rings. The Labute approximate surface area is 121 Å². The molecule has 1 aromatic carbocycles. The van der Waals surface area contributed by atoms with Gasteiger partial charge in [-0.2, -0.15) is 0 Å². The fourth-order valence-corrected chi connectivity index (χ4v) is 2.40. The quantitative estimate of drug-likeness (QED) is 0.876. The lowest BCUT2D eigenvalue weighted by Crippen LogP contribution is -2.17. The molecular formula is C13H10F3NO3S. The number of anilines is 1. The van der Waals surface area contributed by atoms with Crippen LogP contribution in [0, 0.1) is 0 Å². The van der Waals surface area contributed by atoms with E-state index in [0.29, 0.717) is 11.3 Å². The zero-order valence-electron chi connectivity index (χ0n) is 10.5. The van der Waals surface area contributed by atoms with Gasteiger partial charge in [0.25, 0.3) is 0 Å². The summed E-state index contributed by atoms with van der Waals surface area (Å²) in [6.45, 7) is 0.268. The largest absolute Gasteiger partial charge is 0.573 e. The highest BCUT2D eigenvalue weighted by molar-refractivity contribution is 7.12. The van der Waals surface area contributed by atoms with E-state index >= 15 is 0 Å². The molecule has 2 aromatic rings.